The molecule has 0 unspecified atom stereocenters. The van der Waals surface area contributed by atoms with Crippen LogP contribution in [0.5, 0.6) is 0 Å². The lowest BCUT2D eigenvalue weighted by atomic mass is 10.0. The van der Waals surface area contributed by atoms with Crippen LogP contribution < -0.4 is 0 Å². The molecule has 0 N–H and O–H groups in total. The van der Waals surface area contributed by atoms with E-state index in [1.165, 1.54) is 5.56 Å². The van der Waals surface area contributed by atoms with Crippen LogP contribution in [0.25, 0.3) is 11.0 Å². The minimum absolute atomic E-state index is 0.390. The van der Waals surface area contributed by atoms with Gasteiger partial charge >= 0.3 is 0 Å². The molecule has 1 aromatic heterocycles. The van der Waals surface area contributed by atoms with E-state index in [9.17, 15) is 4.79 Å². The first kappa shape index (κ1) is 9.00. The lowest BCUT2D eigenvalue weighted by molar-refractivity contribution is 0.110. The SMILES string of the molecule is CC(C)c1ccc2oc(C=O)cc2c1. The fourth-order valence-corrected chi connectivity index (χ4v) is 1.50. The van der Waals surface area contributed by atoms with E-state index in [0.29, 0.717) is 11.7 Å². The van der Waals surface area contributed by atoms with Gasteiger partial charge in [0.15, 0.2) is 12.0 Å². The maximum absolute atomic E-state index is 10.5. The van der Waals surface area contributed by atoms with Gasteiger partial charge < -0.3 is 4.42 Å². The van der Waals surface area contributed by atoms with Crippen LogP contribution in [0.15, 0.2) is 28.7 Å². The molecule has 1 aromatic carbocycles. The number of aldehydes is 1. The summed E-state index contributed by atoms with van der Waals surface area (Å²) in [7, 11) is 0. The van der Waals surface area contributed by atoms with Crippen molar-refractivity contribution >= 4 is 17.3 Å². The number of fused-ring (bicyclic) bond motifs is 1. The highest BCUT2D eigenvalue weighted by molar-refractivity contribution is 5.85. The summed E-state index contributed by atoms with van der Waals surface area (Å²) in [4.78, 5) is 10.5. The molecule has 72 valence electrons. The van der Waals surface area contributed by atoms with Crippen LogP contribution >= 0.6 is 0 Å². The van der Waals surface area contributed by atoms with Crippen LogP contribution in [0.4, 0.5) is 0 Å². The topological polar surface area (TPSA) is 30.2 Å². The van der Waals surface area contributed by atoms with Crippen LogP contribution in [-0.4, -0.2) is 6.29 Å². The Morgan fingerprint density at radius 1 is 1.29 bits per heavy atom. The number of hydrogen-bond donors (Lipinski definition) is 0. The third-order valence-corrected chi connectivity index (χ3v) is 2.34. The van der Waals surface area contributed by atoms with E-state index < -0.39 is 0 Å². The van der Waals surface area contributed by atoms with Crippen molar-refractivity contribution in [1.29, 1.82) is 0 Å². The summed E-state index contributed by atoms with van der Waals surface area (Å²) in [5.41, 5.74) is 2.03. The molecule has 0 bridgehead atoms. The van der Waals surface area contributed by atoms with Crippen molar-refractivity contribution in [3.05, 3.63) is 35.6 Å². The Morgan fingerprint density at radius 3 is 2.71 bits per heavy atom. The molecule has 2 aromatic rings. The molecule has 0 radical (unpaired) electrons. The van der Waals surface area contributed by atoms with Crippen molar-refractivity contribution in [3.8, 4) is 0 Å². The predicted molar refractivity (Wildman–Crippen MR) is 55.7 cm³/mol. The van der Waals surface area contributed by atoms with Gasteiger partial charge in [-0.1, -0.05) is 19.9 Å². The van der Waals surface area contributed by atoms with Crippen molar-refractivity contribution in [2.24, 2.45) is 0 Å². The van der Waals surface area contributed by atoms with E-state index in [1.54, 1.807) is 6.07 Å². The Bertz CT molecular complexity index is 466. The molecule has 0 saturated carbocycles. The van der Waals surface area contributed by atoms with E-state index in [0.717, 1.165) is 17.3 Å². The minimum atomic E-state index is 0.390. The lowest BCUT2D eigenvalue weighted by Gasteiger charge is -2.03. The molecule has 0 saturated heterocycles. The number of carbonyl (C=O) groups excluding carboxylic acids is 1. The van der Waals surface area contributed by atoms with Crippen molar-refractivity contribution in [2.75, 3.05) is 0 Å². The zero-order valence-electron chi connectivity index (χ0n) is 8.28. The van der Waals surface area contributed by atoms with Gasteiger partial charge in [0, 0.05) is 5.39 Å². The first-order valence-corrected chi connectivity index (χ1v) is 4.69. The maximum atomic E-state index is 10.5. The van der Waals surface area contributed by atoms with E-state index >= 15 is 0 Å². The number of furan rings is 1. The van der Waals surface area contributed by atoms with Crippen LogP contribution in [0.3, 0.4) is 0 Å². The molecule has 0 atom stereocenters. The number of hydrogen-bond acceptors (Lipinski definition) is 2. The quantitative estimate of drug-likeness (QED) is 0.676. The van der Waals surface area contributed by atoms with E-state index in [-0.39, 0.29) is 0 Å². The Kier molecular flexibility index (Phi) is 2.12. The first-order valence-electron chi connectivity index (χ1n) is 4.69. The zero-order valence-corrected chi connectivity index (χ0v) is 8.28. The molecule has 1 heterocycles. The van der Waals surface area contributed by atoms with Crippen molar-refractivity contribution in [3.63, 3.8) is 0 Å². The summed E-state index contributed by atoms with van der Waals surface area (Å²) in [5.74, 6) is 0.884. The Morgan fingerprint density at radius 2 is 2.07 bits per heavy atom. The maximum Gasteiger partial charge on any atom is 0.185 e. The highest BCUT2D eigenvalue weighted by Gasteiger charge is 2.05. The average Bonchev–Trinajstić information content (AvgIpc) is 2.58. The van der Waals surface area contributed by atoms with E-state index in [1.807, 2.05) is 12.1 Å². The third-order valence-electron chi connectivity index (χ3n) is 2.34. The summed E-state index contributed by atoms with van der Waals surface area (Å²) in [6.07, 6.45) is 0.731. The first-order chi connectivity index (χ1) is 6.70. The molecular formula is C12H12O2. The lowest BCUT2D eigenvalue weighted by Crippen LogP contribution is -1.84. The second kappa shape index (κ2) is 3.29. The number of carbonyl (C=O) groups is 1. The van der Waals surface area contributed by atoms with Gasteiger partial charge in [-0.15, -0.1) is 0 Å². The smallest absolute Gasteiger partial charge is 0.185 e. The summed E-state index contributed by atoms with van der Waals surface area (Å²) >= 11 is 0. The van der Waals surface area contributed by atoms with Crippen LogP contribution in [0.1, 0.15) is 35.9 Å². The standard InChI is InChI=1S/C12H12O2/c1-8(2)9-3-4-12-10(5-9)6-11(7-13)14-12/h3-8H,1-2H3. The predicted octanol–water partition coefficient (Wildman–Crippen LogP) is 3.37. The molecule has 0 aliphatic carbocycles. The number of benzene rings is 1. The molecule has 0 aliphatic rings. The van der Waals surface area contributed by atoms with Crippen molar-refractivity contribution < 1.29 is 9.21 Å². The monoisotopic (exact) mass is 188 g/mol. The second-order valence-electron chi connectivity index (χ2n) is 3.72. The van der Waals surface area contributed by atoms with Gasteiger partial charge in [0.1, 0.15) is 5.58 Å². The van der Waals surface area contributed by atoms with Crippen molar-refractivity contribution in [2.45, 2.75) is 19.8 Å². The normalized spacial score (nSPS) is 11.1. The Labute approximate surface area is 82.5 Å². The molecule has 0 aliphatic heterocycles. The zero-order chi connectivity index (χ0) is 10.1. The average molecular weight is 188 g/mol. The molecule has 0 fully saturated rings. The molecule has 2 nitrogen and oxygen atoms in total. The van der Waals surface area contributed by atoms with E-state index in [4.69, 9.17) is 4.42 Å². The van der Waals surface area contributed by atoms with Gasteiger partial charge in [-0.3, -0.25) is 4.79 Å². The highest BCUT2D eigenvalue weighted by atomic mass is 16.3. The summed E-state index contributed by atoms with van der Waals surface area (Å²) in [6.45, 7) is 4.28. The fraction of sp³-hybridized carbons (Fsp3) is 0.250. The van der Waals surface area contributed by atoms with Gasteiger partial charge in [0.05, 0.1) is 0 Å². The van der Waals surface area contributed by atoms with Gasteiger partial charge in [-0.25, -0.2) is 0 Å². The molecular weight excluding hydrogens is 176 g/mol. The van der Waals surface area contributed by atoms with Crippen molar-refractivity contribution in [1.82, 2.24) is 0 Å². The second-order valence-corrected chi connectivity index (χ2v) is 3.72. The highest BCUT2D eigenvalue weighted by Crippen LogP contribution is 2.23. The Hall–Kier alpha value is -1.57. The molecule has 2 heteroatoms. The molecule has 0 spiro atoms. The molecule has 14 heavy (non-hydrogen) atoms. The minimum Gasteiger partial charge on any atom is -0.453 e. The van der Waals surface area contributed by atoms with Gasteiger partial charge in [-0.05, 0) is 29.7 Å². The summed E-state index contributed by atoms with van der Waals surface area (Å²) < 4.78 is 5.28. The van der Waals surface area contributed by atoms with Crippen LogP contribution in [0.2, 0.25) is 0 Å². The van der Waals surface area contributed by atoms with Crippen LogP contribution in [0, 0.1) is 0 Å². The molecule has 0 amide bonds. The Balaban J connectivity index is 2.59. The third kappa shape index (κ3) is 1.43. The fourth-order valence-electron chi connectivity index (χ4n) is 1.50. The summed E-state index contributed by atoms with van der Waals surface area (Å²) in [6, 6.07) is 7.79. The van der Waals surface area contributed by atoms with E-state index in [2.05, 4.69) is 19.9 Å². The number of rotatable bonds is 2. The van der Waals surface area contributed by atoms with Gasteiger partial charge in [0.25, 0.3) is 0 Å². The van der Waals surface area contributed by atoms with Gasteiger partial charge in [0.2, 0.25) is 0 Å². The summed E-state index contributed by atoms with van der Waals surface area (Å²) in [5, 5.41) is 0.998. The largest absolute Gasteiger partial charge is 0.453 e. The molecule has 2 rings (SSSR count). The van der Waals surface area contributed by atoms with Crippen LogP contribution in [-0.2, 0) is 0 Å². The van der Waals surface area contributed by atoms with Gasteiger partial charge in [-0.2, -0.15) is 0 Å².